The molecule has 0 aliphatic carbocycles. The van der Waals surface area contributed by atoms with Gasteiger partial charge in [0.15, 0.2) is 5.82 Å². The van der Waals surface area contributed by atoms with Crippen molar-refractivity contribution in [2.24, 2.45) is 0 Å². The van der Waals surface area contributed by atoms with Crippen molar-refractivity contribution in [1.82, 2.24) is 20.4 Å². The molecule has 1 aromatic carbocycles. The molecule has 0 radical (unpaired) electrons. The average molecular weight is 486 g/mol. The summed E-state index contributed by atoms with van der Waals surface area (Å²) in [7, 11) is 1.93. The molecule has 1 aliphatic rings. The lowest BCUT2D eigenvalue weighted by molar-refractivity contribution is 0.124. The normalized spacial score (nSPS) is 17.8. The van der Waals surface area contributed by atoms with Crippen molar-refractivity contribution in [2.75, 3.05) is 32.1 Å². The number of aryl methyl sites for hydroxylation is 2. The Morgan fingerprint density at radius 2 is 2.03 bits per heavy atom. The molecule has 34 heavy (non-hydrogen) atoms. The van der Waals surface area contributed by atoms with E-state index in [0.29, 0.717) is 35.4 Å². The van der Waals surface area contributed by atoms with Gasteiger partial charge in [-0.05, 0) is 72.3 Å². The number of nitrogens with zero attached hydrogens (tertiary/aromatic N) is 3. The van der Waals surface area contributed by atoms with Crippen LogP contribution in [0.25, 0.3) is 22.6 Å². The van der Waals surface area contributed by atoms with Crippen molar-refractivity contribution in [3.8, 4) is 28.4 Å². The van der Waals surface area contributed by atoms with Gasteiger partial charge in [-0.25, -0.2) is 9.97 Å². The summed E-state index contributed by atoms with van der Waals surface area (Å²) in [6.45, 7) is 10.0. The van der Waals surface area contributed by atoms with Crippen molar-refractivity contribution in [2.45, 2.75) is 52.7 Å². The van der Waals surface area contributed by atoms with Crippen LogP contribution in [0, 0.1) is 20.8 Å². The van der Waals surface area contributed by atoms with Crippen molar-refractivity contribution >= 4 is 17.4 Å². The molecule has 3 heterocycles. The third-order valence-electron chi connectivity index (χ3n) is 5.97. The Morgan fingerprint density at radius 3 is 2.71 bits per heavy atom. The van der Waals surface area contributed by atoms with E-state index in [1.54, 1.807) is 0 Å². The fourth-order valence-electron chi connectivity index (χ4n) is 4.16. The van der Waals surface area contributed by atoms with Gasteiger partial charge >= 0.3 is 0 Å². The highest BCUT2D eigenvalue weighted by Crippen LogP contribution is 2.36. The zero-order valence-corrected chi connectivity index (χ0v) is 21.1. The number of nitrogens with one attached hydrogen (secondary N) is 2. The molecule has 2 N–H and O–H groups in total. The molecule has 0 bridgehead atoms. The van der Waals surface area contributed by atoms with Crippen LogP contribution in [-0.2, 0) is 4.74 Å². The van der Waals surface area contributed by atoms with Crippen molar-refractivity contribution in [3.63, 3.8) is 0 Å². The standard InChI is InChI=1S/C25H32ClN5O3/c1-14-11-18(13-33-14)28-24-15(2)23(22-16(3)31-34-17(22)4)29-25(30-24)20-12-19(7-8-21(20)26)32-10-6-9-27-5/h7-8,12,14,18,27H,6,9-11,13H2,1-5H3,(H,28,29,30). The minimum absolute atomic E-state index is 0.172. The molecule has 0 saturated carbocycles. The lowest BCUT2D eigenvalue weighted by atomic mass is 10.0. The van der Waals surface area contributed by atoms with Gasteiger partial charge in [0.05, 0.1) is 47.3 Å². The number of aromatic nitrogens is 3. The third-order valence-corrected chi connectivity index (χ3v) is 6.30. The first-order valence-corrected chi connectivity index (χ1v) is 12.0. The van der Waals surface area contributed by atoms with Crippen LogP contribution in [0.15, 0.2) is 22.7 Å². The van der Waals surface area contributed by atoms with E-state index in [4.69, 9.17) is 35.6 Å². The number of halogens is 1. The molecule has 2 unspecified atom stereocenters. The fourth-order valence-corrected chi connectivity index (χ4v) is 4.36. The number of rotatable bonds is 9. The SMILES string of the molecule is CNCCCOc1ccc(Cl)c(-c2nc(NC3COC(C)C3)c(C)c(-c3c(C)noc3C)n2)c1. The Kier molecular flexibility index (Phi) is 7.70. The summed E-state index contributed by atoms with van der Waals surface area (Å²) >= 11 is 6.62. The molecular formula is C25H32ClN5O3. The molecule has 4 rings (SSSR count). The minimum Gasteiger partial charge on any atom is -0.494 e. The van der Waals surface area contributed by atoms with Crippen LogP contribution in [-0.4, -0.2) is 54.1 Å². The summed E-state index contributed by atoms with van der Waals surface area (Å²) in [6.07, 6.45) is 2.03. The average Bonchev–Trinajstić information content (AvgIpc) is 3.38. The van der Waals surface area contributed by atoms with E-state index in [1.165, 1.54) is 0 Å². The summed E-state index contributed by atoms with van der Waals surface area (Å²) in [5, 5.41) is 11.4. The minimum atomic E-state index is 0.172. The Balaban J connectivity index is 1.76. The Labute approximate surface area is 205 Å². The molecule has 9 heteroatoms. The number of anilines is 1. The summed E-state index contributed by atoms with van der Waals surface area (Å²) < 4.78 is 17.1. The predicted molar refractivity (Wildman–Crippen MR) is 134 cm³/mol. The van der Waals surface area contributed by atoms with Crippen LogP contribution in [0.5, 0.6) is 5.75 Å². The zero-order chi connectivity index (χ0) is 24.2. The van der Waals surface area contributed by atoms with E-state index < -0.39 is 0 Å². The van der Waals surface area contributed by atoms with Crippen molar-refractivity contribution in [3.05, 3.63) is 40.2 Å². The molecule has 0 amide bonds. The van der Waals surface area contributed by atoms with Gasteiger partial charge in [-0.15, -0.1) is 0 Å². The lowest BCUT2D eigenvalue weighted by Crippen LogP contribution is -2.21. The van der Waals surface area contributed by atoms with Crippen LogP contribution in [0.4, 0.5) is 5.82 Å². The second-order valence-corrected chi connectivity index (χ2v) is 9.14. The summed E-state index contributed by atoms with van der Waals surface area (Å²) in [5.74, 6) is 2.70. The Hall–Kier alpha value is -2.68. The third kappa shape index (κ3) is 5.35. The molecule has 1 fully saturated rings. The number of benzene rings is 1. The molecule has 3 aromatic rings. The molecule has 1 aliphatic heterocycles. The molecule has 1 saturated heterocycles. The Morgan fingerprint density at radius 1 is 1.21 bits per heavy atom. The van der Waals surface area contributed by atoms with Gasteiger partial charge in [-0.2, -0.15) is 0 Å². The largest absolute Gasteiger partial charge is 0.494 e. The summed E-state index contributed by atoms with van der Waals surface area (Å²) in [6, 6.07) is 5.76. The van der Waals surface area contributed by atoms with Gasteiger partial charge in [-0.1, -0.05) is 16.8 Å². The topological polar surface area (TPSA) is 94.3 Å². The van der Waals surface area contributed by atoms with Gasteiger partial charge < -0.3 is 24.6 Å². The van der Waals surface area contributed by atoms with Crippen LogP contribution >= 0.6 is 11.6 Å². The quantitative estimate of drug-likeness (QED) is 0.411. The van der Waals surface area contributed by atoms with E-state index in [2.05, 4.69) is 22.7 Å². The summed E-state index contributed by atoms with van der Waals surface area (Å²) in [4.78, 5) is 9.83. The second kappa shape index (κ2) is 10.7. The number of hydrogen-bond acceptors (Lipinski definition) is 8. The second-order valence-electron chi connectivity index (χ2n) is 8.74. The molecular weight excluding hydrogens is 454 g/mol. The number of hydrogen-bond donors (Lipinski definition) is 2. The monoisotopic (exact) mass is 485 g/mol. The van der Waals surface area contributed by atoms with E-state index in [9.17, 15) is 0 Å². The highest BCUT2D eigenvalue weighted by Gasteiger charge is 2.26. The van der Waals surface area contributed by atoms with Crippen molar-refractivity contribution < 1.29 is 14.0 Å². The van der Waals surface area contributed by atoms with Gasteiger partial charge in [0.1, 0.15) is 17.3 Å². The maximum atomic E-state index is 6.62. The van der Waals surface area contributed by atoms with Crippen LogP contribution in [0.2, 0.25) is 5.02 Å². The van der Waals surface area contributed by atoms with Crippen LogP contribution in [0.3, 0.4) is 0 Å². The molecule has 0 spiro atoms. The van der Waals surface area contributed by atoms with Gasteiger partial charge in [0.25, 0.3) is 0 Å². The lowest BCUT2D eigenvalue weighted by Gasteiger charge is -2.18. The first-order valence-electron chi connectivity index (χ1n) is 11.6. The highest BCUT2D eigenvalue weighted by molar-refractivity contribution is 6.33. The Bertz CT molecular complexity index is 1130. The van der Waals surface area contributed by atoms with Crippen LogP contribution < -0.4 is 15.4 Å². The van der Waals surface area contributed by atoms with Crippen molar-refractivity contribution in [1.29, 1.82) is 0 Å². The van der Waals surface area contributed by atoms with E-state index >= 15 is 0 Å². The van der Waals surface area contributed by atoms with E-state index in [1.807, 2.05) is 46.0 Å². The summed E-state index contributed by atoms with van der Waals surface area (Å²) in [5.41, 5.74) is 4.05. The van der Waals surface area contributed by atoms with Gasteiger partial charge in [-0.3, -0.25) is 0 Å². The van der Waals surface area contributed by atoms with Gasteiger partial charge in [0, 0.05) is 11.1 Å². The first-order chi connectivity index (χ1) is 16.4. The smallest absolute Gasteiger partial charge is 0.163 e. The fraction of sp³-hybridized carbons (Fsp3) is 0.480. The number of ether oxygens (including phenoxy) is 2. The predicted octanol–water partition coefficient (Wildman–Crippen LogP) is 4.95. The highest BCUT2D eigenvalue weighted by atomic mass is 35.5. The van der Waals surface area contributed by atoms with E-state index in [-0.39, 0.29) is 12.1 Å². The molecule has 182 valence electrons. The molecule has 8 nitrogen and oxygen atoms in total. The molecule has 2 aromatic heterocycles. The van der Waals surface area contributed by atoms with Gasteiger partial charge in [0.2, 0.25) is 0 Å². The zero-order valence-electron chi connectivity index (χ0n) is 20.4. The maximum absolute atomic E-state index is 6.62. The maximum Gasteiger partial charge on any atom is 0.163 e. The van der Waals surface area contributed by atoms with E-state index in [0.717, 1.165) is 53.5 Å². The first kappa shape index (κ1) is 24.4. The molecule has 2 atom stereocenters. The van der Waals surface area contributed by atoms with Crippen LogP contribution in [0.1, 0.15) is 36.8 Å².